The van der Waals surface area contributed by atoms with E-state index in [0.717, 1.165) is 35.0 Å². The first-order valence-corrected chi connectivity index (χ1v) is 11.6. The molecular weight excluding hydrogens is 326 g/mol. The lowest BCUT2D eigenvalue weighted by molar-refractivity contribution is -0.112. The van der Waals surface area contributed by atoms with Gasteiger partial charge in [-0.15, -0.1) is 0 Å². The van der Waals surface area contributed by atoms with E-state index in [1.807, 2.05) is 6.20 Å². The van der Waals surface area contributed by atoms with Crippen LogP contribution in [0.15, 0.2) is 30.6 Å². The van der Waals surface area contributed by atoms with Crippen LogP contribution in [0.5, 0.6) is 0 Å². The minimum Gasteiger partial charge on any atom is -0.264 e. The third-order valence-electron chi connectivity index (χ3n) is 10.6. The highest BCUT2D eigenvalue weighted by molar-refractivity contribution is 5.72. The number of pyridine rings is 1. The molecule has 1 spiro atoms. The highest BCUT2D eigenvalue weighted by atomic mass is 14.8. The topological polar surface area (TPSA) is 12.9 Å². The molecule has 0 bridgehead atoms. The van der Waals surface area contributed by atoms with Crippen molar-refractivity contribution in [3.8, 4) is 0 Å². The number of allylic oxidation sites excluding steroid dienone is 2. The normalized spacial score (nSPS) is 52.9. The van der Waals surface area contributed by atoms with Crippen molar-refractivity contribution in [2.75, 3.05) is 0 Å². The minimum absolute atomic E-state index is 0.386. The summed E-state index contributed by atoms with van der Waals surface area (Å²) in [7, 11) is 0. The van der Waals surface area contributed by atoms with Crippen molar-refractivity contribution in [3.63, 3.8) is 0 Å². The zero-order chi connectivity index (χ0) is 18.4. The predicted octanol–water partition coefficient (Wildman–Crippen LogP) is 6.75. The van der Waals surface area contributed by atoms with Gasteiger partial charge in [-0.2, -0.15) is 0 Å². The molecule has 1 heteroatoms. The van der Waals surface area contributed by atoms with Crippen LogP contribution < -0.4 is 0 Å². The Labute approximate surface area is 165 Å². The van der Waals surface area contributed by atoms with Crippen LogP contribution in [-0.2, 0) is 0 Å². The van der Waals surface area contributed by atoms with Gasteiger partial charge in [0.1, 0.15) is 0 Å². The van der Waals surface area contributed by atoms with Gasteiger partial charge in [-0.05, 0) is 108 Å². The molecule has 144 valence electrons. The molecule has 5 aliphatic rings. The Morgan fingerprint density at radius 2 is 1.96 bits per heavy atom. The van der Waals surface area contributed by atoms with Crippen molar-refractivity contribution in [1.29, 1.82) is 0 Å². The molecule has 5 aliphatic carbocycles. The van der Waals surface area contributed by atoms with Gasteiger partial charge in [0, 0.05) is 12.4 Å². The second kappa shape index (κ2) is 5.28. The number of nitrogens with zero attached hydrogens (tertiary/aromatic N) is 1. The summed E-state index contributed by atoms with van der Waals surface area (Å²) in [6, 6.07) is 4.40. The molecule has 1 nitrogen and oxygen atoms in total. The third-order valence-corrected chi connectivity index (χ3v) is 10.6. The van der Waals surface area contributed by atoms with E-state index < -0.39 is 0 Å². The zero-order valence-electron chi connectivity index (χ0n) is 17.4. The summed E-state index contributed by atoms with van der Waals surface area (Å²) >= 11 is 0. The number of rotatable bonds is 1. The Hall–Kier alpha value is -1.11. The summed E-state index contributed by atoms with van der Waals surface area (Å²) < 4.78 is 0. The number of fused-ring (bicyclic) bond motifs is 4. The van der Waals surface area contributed by atoms with Gasteiger partial charge >= 0.3 is 0 Å². The largest absolute Gasteiger partial charge is 0.264 e. The van der Waals surface area contributed by atoms with Crippen LogP contribution in [0.3, 0.4) is 0 Å². The van der Waals surface area contributed by atoms with Gasteiger partial charge in [0.05, 0.1) is 0 Å². The van der Waals surface area contributed by atoms with Crippen molar-refractivity contribution in [3.05, 3.63) is 36.2 Å². The van der Waals surface area contributed by atoms with E-state index in [2.05, 4.69) is 50.2 Å². The van der Waals surface area contributed by atoms with E-state index in [9.17, 15) is 0 Å². The summed E-state index contributed by atoms with van der Waals surface area (Å²) in [6.45, 7) is 7.86. The standard InChI is InChI=1S/C26H35N/c1-17-8-11-25(3)23-9-10-24(2)21(18-5-4-12-27-16-18)6-7-22(24)20(23)13-19-15-26(19,25)14-17/h4-6,12,16-17,19-20,22-23H,7-11,13-15H2,1-3H3/t17-,19?,20-,22-,23-,24+,25+,26?/m0/s1. The minimum atomic E-state index is 0.386. The van der Waals surface area contributed by atoms with Crippen LogP contribution in [0.2, 0.25) is 0 Å². The third kappa shape index (κ3) is 1.99. The molecule has 6 rings (SSSR count). The molecule has 0 radical (unpaired) electrons. The molecule has 8 atom stereocenters. The summed E-state index contributed by atoms with van der Waals surface area (Å²) in [6.07, 6.45) is 18.4. The quantitative estimate of drug-likeness (QED) is 0.539. The SMILES string of the molecule is C[C@H]1CC[C@]2(C)[C@H]3CC[C@]4(C)C(c5cccnc5)=CC[C@H]4[C@@H]3CC3CC32C1. The molecular formula is C26H35N. The van der Waals surface area contributed by atoms with Gasteiger partial charge in [0.25, 0.3) is 0 Å². The first-order valence-electron chi connectivity index (χ1n) is 11.6. The van der Waals surface area contributed by atoms with Crippen molar-refractivity contribution >= 4 is 5.57 Å². The number of aromatic nitrogens is 1. The fourth-order valence-electron chi connectivity index (χ4n) is 9.22. The van der Waals surface area contributed by atoms with Crippen LogP contribution in [0.4, 0.5) is 0 Å². The van der Waals surface area contributed by atoms with Gasteiger partial charge in [-0.25, -0.2) is 0 Å². The lowest BCUT2D eigenvalue weighted by atomic mass is 9.43. The summed E-state index contributed by atoms with van der Waals surface area (Å²) in [5, 5.41) is 0. The first kappa shape index (κ1) is 16.8. The van der Waals surface area contributed by atoms with Crippen molar-refractivity contribution in [2.45, 2.75) is 72.1 Å². The van der Waals surface area contributed by atoms with E-state index in [4.69, 9.17) is 0 Å². The van der Waals surface area contributed by atoms with E-state index in [-0.39, 0.29) is 0 Å². The van der Waals surface area contributed by atoms with E-state index >= 15 is 0 Å². The Morgan fingerprint density at radius 1 is 1.07 bits per heavy atom. The smallest absolute Gasteiger partial charge is 0.0343 e. The zero-order valence-corrected chi connectivity index (χ0v) is 17.4. The maximum absolute atomic E-state index is 4.43. The molecule has 0 N–H and O–H groups in total. The first-order chi connectivity index (χ1) is 13.0. The highest BCUT2D eigenvalue weighted by Crippen LogP contribution is 2.81. The molecule has 1 heterocycles. The molecule has 2 unspecified atom stereocenters. The Balaban J connectivity index is 1.35. The molecule has 27 heavy (non-hydrogen) atoms. The van der Waals surface area contributed by atoms with Crippen molar-refractivity contribution in [1.82, 2.24) is 4.98 Å². The van der Waals surface area contributed by atoms with Gasteiger partial charge in [-0.1, -0.05) is 39.3 Å². The fourth-order valence-corrected chi connectivity index (χ4v) is 9.22. The average molecular weight is 362 g/mol. The van der Waals surface area contributed by atoms with Crippen LogP contribution in [0.25, 0.3) is 5.57 Å². The van der Waals surface area contributed by atoms with E-state index in [1.54, 1.807) is 24.8 Å². The molecule has 1 aromatic heterocycles. The van der Waals surface area contributed by atoms with E-state index in [0.29, 0.717) is 10.8 Å². The van der Waals surface area contributed by atoms with Gasteiger partial charge in [0.15, 0.2) is 0 Å². The van der Waals surface area contributed by atoms with Gasteiger partial charge < -0.3 is 0 Å². The van der Waals surface area contributed by atoms with Gasteiger partial charge in [0.2, 0.25) is 0 Å². The van der Waals surface area contributed by atoms with Crippen LogP contribution >= 0.6 is 0 Å². The van der Waals surface area contributed by atoms with Crippen LogP contribution in [-0.4, -0.2) is 4.98 Å². The van der Waals surface area contributed by atoms with Crippen molar-refractivity contribution in [2.24, 2.45) is 45.8 Å². The van der Waals surface area contributed by atoms with Crippen molar-refractivity contribution < 1.29 is 0 Å². The number of hydrogen-bond donors (Lipinski definition) is 0. The fraction of sp³-hybridized carbons (Fsp3) is 0.731. The molecule has 0 aliphatic heterocycles. The van der Waals surface area contributed by atoms with E-state index in [1.165, 1.54) is 37.7 Å². The lowest BCUT2D eigenvalue weighted by Crippen LogP contribution is -2.54. The highest BCUT2D eigenvalue weighted by Gasteiger charge is 2.73. The lowest BCUT2D eigenvalue weighted by Gasteiger charge is -2.61. The molecule has 4 saturated carbocycles. The van der Waals surface area contributed by atoms with Crippen LogP contribution in [0.1, 0.15) is 77.7 Å². The number of hydrogen-bond acceptors (Lipinski definition) is 1. The molecule has 0 aromatic carbocycles. The predicted molar refractivity (Wildman–Crippen MR) is 111 cm³/mol. The monoisotopic (exact) mass is 361 g/mol. The Morgan fingerprint density at radius 3 is 2.78 bits per heavy atom. The summed E-state index contributed by atoms with van der Waals surface area (Å²) in [4.78, 5) is 4.43. The Kier molecular flexibility index (Phi) is 3.28. The Bertz CT molecular complexity index is 796. The average Bonchev–Trinajstić information content (AvgIpc) is 3.24. The molecule has 0 saturated heterocycles. The maximum Gasteiger partial charge on any atom is 0.0343 e. The molecule has 0 amide bonds. The van der Waals surface area contributed by atoms with Gasteiger partial charge in [-0.3, -0.25) is 4.98 Å². The van der Waals surface area contributed by atoms with Crippen LogP contribution in [0, 0.1) is 45.8 Å². The second-order valence-electron chi connectivity index (χ2n) is 11.5. The maximum atomic E-state index is 4.43. The molecule has 4 fully saturated rings. The molecule has 1 aromatic rings. The summed E-state index contributed by atoms with van der Waals surface area (Å²) in [5.74, 6) is 4.85. The second-order valence-corrected chi connectivity index (χ2v) is 11.5. The summed E-state index contributed by atoms with van der Waals surface area (Å²) in [5.41, 5.74) is 4.78.